The topological polar surface area (TPSA) is 173 Å². The second-order valence-electron chi connectivity index (χ2n) is 12.8. The zero-order valence-corrected chi connectivity index (χ0v) is 32.2. The summed E-state index contributed by atoms with van der Waals surface area (Å²) in [6.45, 7) is 8.83. The van der Waals surface area contributed by atoms with Gasteiger partial charge in [-0.2, -0.15) is 0 Å². The number of pyridine rings is 1. The van der Waals surface area contributed by atoms with Crippen molar-refractivity contribution in [3.05, 3.63) is 77.1 Å². The highest BCUT2D eigenvalue weighted by Gasteiger charge is 2.28. The van der Waals surface area contributed by atoms with E-state index in [1.807, 2.05) is 45.1 Å². The van der Waals surface area contributed by atoms with Crippen LogP contribution in [0.4, 0.5) is 0 Å². The molecule has 284 valence electrons. The van der Waals surface area contributed by atoms with Crippen LogP contribution in [0.15, 0.2) is 61.0 Å². The molecule has 14 heteroatoms. The molecule has 1 aromatic carbocycles. The maximum Gasteiger partial charge on any atom is 0.311 e. The molecule has 0 saturated heterocycles. The fourth-order valence-electron chi connectivity index (χ4n) is 4.71. The Kier molecular flexibility index (Phi) is 19.8. The number of methoxy groups -OCH3 is 1. The summed E-state index contributed by atoms with van der Waals surface area (Å²) in [6.07, 6.45) is 8.82. The number of thioether (sulfide) groups is 1. The first-order valence-corrected chi connectivity index (χ1v) is 18.5. The number of aliphatic hydroxyl groups excluding tert-OH is 1. The van der Waals surface area contributed by atoms with Crippen LogP contribution < -0.4 is 20.7 Å². The van der Waals surface area contributed by atoms with E-state index in [1.54, 1.807) is 43.6 Å². The van der Waals surface area contributed by atoms with Gasteiger partial charge in [-0.1, -0.05) is 75.4 Å². The molecule has 0 spiro atoms. The van der Waals surface area contributed by atoms with Gasteiger partial charge in [0.25, 0.3) is 0 Å². The number of benzene rings is 1. The Morgan fingerprint density at radius 2 is 1.75 bits per heavy atom. The summed E-state index contributed by atoms with van der Waals surface area (Å²) in [5, 5.41) is 18.7. The number of hydrogen-bond donors (Lipinski definition) is 4. The van der Waals surface area contributed by atoms with Crippen molar-refractivity contribution in [2.24, 2.45) is 17.8 Å². The second kappa shape index (κ2) is 23.4. The fourth-order valence-corrected chi connectivity index (χ4v) is 5.72. The van der Waals surface area contributed by atoms with E-state index >= 15 is 0 Å². The predicted octanol–water partition coefficient (Wildman–Crippen LogP) is 4.53. The Balaban J connectivity index is 2.05. The third kappa shape index (κ3) is 16.9. The molecule has 0 aliphatic carbocycles. The fraction of sp³-hybridized carbons (Fsp3) is 0.474. The summed E-state index contributed by atoms with van der Waals surface area (Å²) in [5.74, 6) is -2.10. The number of carbonyl (C=O) groups excluding carboxylic acids is 5. The lowest BCUT2D eigenvalue weighted by atomic mass is 10.00. The molecule has 4 N–H and O–H groups in total. The predicted molar refractivity (Wildman–Crippen MR) is 203 cm³/mol. The van der Waals surface area contributed by atoms with E-state index in [4.69, 9.17) is 21.1 Å². The number of hydrogen-bond acceptors (Lipinski definition) is 10. The smallest absolute Gasteiger partial charge is 0.311 e. The van der Waals surface area contributed by atoms with E-state index in [0.717, 1.165) is 17.3 Å². The first-order valence-electron chi connectivity index (χ1n) is 17.1. The minimum Gasteiger partial charge on any atom is -0.495 e. The number of carbonyl (C=O) groups is 5. The lowest BCUT2D eigenvalue weighted by Gasteiger charge is -2.22. The molecular formula is C38H51ClN4O8S. The highest BCUT2D eigenvalue weighted by Crippen LogP contribution is 2.25. The van der Waals surface area contributed by atoms with E-state index in [-0.39, 0.29) is 42.2 Å². The van der Waals surface area contributed by atoms with Gasteiger partial charge in [-0.3, -0.25) is 29.0 Å². The number of esters is 1. The zero-order valence-electron chi connectivity index (χ0n) is 30.6. The van der Waals surface area contributed by atoms with Crippen molar-refractivity contribution in [2.75, 3.05) is 26.0 Å². The standard InChI is InChI=1S/C38H51ClN4O8S/c1-24(2)20-34(38(49)52-19-18-41-27(5)44)51-37(48)26(4)23-42-36(47)31(22-29-12-13-33(50-6)30(39)21-29)43-35(46)9-7-8-32(45)25(3)10-11-28-14-16-40-17-15-28/h7,9-17,21,24-26,31-32,34,45H,8,18-20,22-23H2,1-6H3,(H,41,44)(H,42,47)(H,43,46)/b9-7+,11-10+/t25-,26-,31-,32+,34+/m1/s1. The molecule has 2 rings (SSSR count). The first kappa shape index (κ1) is 44.0. The van der Waals surface area contributed by atoms with E-state index in [2.05, 4.69) is 20.9 Å². The van der Waals surface area contributed by atoms with E-state index < -0.39 is 42.0 Å². The second-order valence-corrected chi connectivity index (χ2v) is 14.3. The van der Waals surface area contributed by atoms with E-state index in [1.165, 1.54) is 20.1 Å². The molecule has 0 fully saturated rings. The molecule has 0 saturated carbocycles. The normalized spacial score (nSPS) is 14.3. The highest BCUT2D eigenvalue weighted by molar-refractivity contribution is 8.13. The van der Waals surface area contributed by atoms with Crippen molar-refractivity contribution in [1.29, 1.82) is 0 Å². The van der Waals surface area contributed by atoms with Crippen LogP contribution in [0.1, 0.15) is 58.6 Å². The zero-order chi connectivity index (χ0) is 38.6. The lowest BCUT2D eigenvalue weighted by Crippen LogP contribution is -2.49. The van der Waals surface area contributed by atoms with Crippen molar-refractivity contribution in [3.63, 3.8) is 0 Å². The van der Waals surface area contributed by atoms with E-state index in [9.17, 15) is 29.1 Å². The van der Waals surface area contributed by atoms with Gasteiger partial charge in [0.1, 0.15) is 11.8 Å². The van der Waals surface area contributed by atoms with Gasteiger partial charge in [-0.05, 0) is 60.2 Å². The van der Waals surface area contributed by atoms with Crippen LogP contribution in [0.5, 0.6) is 5.75 Å². The van der Waals surface area contributed by atoms with Crippen LogP contribution >= 0.6 is 23.4 Å². The molecule has 5 atom stereocenters. The summed E-state index contributed by atoms with van der Waals surface area (Å²) in [6, 6.07) is 7.68. The minimum absolute atomic E-state index is 0.0682. The maximum absolute atomic E-state index is 13.5. The molecule has 0 radical (unpaired) electrons. The van der Waals surface area contributed by atoms with Gasteiger partial charge in [-0.25, -0.2) is 0 Å². The summed E-state index contributed by atoms with van der Waals surface area (Å²) >= 11 is 7.29. The Bertz CT molecular complexity index is 1540. The van der Waals surface area contributed by atoms with Crippen molar-refractivity contribution < 1.29 is 38.6 Å². The summed E-state index contributed by atoms with van der Waals surface area (Å²) in [7, 11) is 1.49. The Hall–Kier alpha value is -4.20. The molecule has 2 aromatic rings. The summed E-state index contributed by atoms with van der Waals surface area (Å²) in [4.78, 5) is 67.4. The Labute approximate surface area is 315 Å². The number of amides is 3. The van der Waals surface area contributed by atoms with Crippen LogP contribution in [0, 0.1) is 17.8 Å². The molecule has 1 heterocycles. The van der Waals surface area contributed by atoms with Gasteiger partial charge in [0, 0.05) is 50.5 Å². The molecular weight excluding hydrogens is 708 g/mol. The lowest BCUT2D eigenvalue weighted by molar-refractivity contribution is -0.157. The third-order valence-electron chi connectivity index (χ3n) is 7.75. The van der Waals surface area contributed by atoms with Crippen LogP contribution in [-0.2, 0) is 35.1 Å². The number of ether oxygens (including phenoxy) is 2. The van der Waals surface area contributed by atoms with Gasteiger partial charge in [0.2, 0.25) is 22.8 Å². The highest BCUT2D eigenvalue weighted by atomic mass is 35.5. The van der Waals surface area contributed by atoms with Gasteiger partial charge in [0.05, 0.1) is 24.2 Å². The van der Waals surface area contributed by atoms with Crippen LogP contribution in [0.25, 0.3) is 6.08 Å². The van der Waals surface area contributed by atoms with Crippen LogP contribution in [0.2, 0.25) is 5.02 Å². The molecule has 52 heavy (non-hydrogen) atoms. The Morgan fingerprint density at radius 1 is 1.04 bits per heavy atom. The van der Waals surface area contributed by atoms with E-state index in [0.29, 0.717) is 35.1 Å². The average molecular weight is 759 g/mol. The average Bonchev–Trinajstić information content (AvgIpc) is 3.10. The summed E-state index contributed by atoms with van der Waals surface area (Å²) in [5.41, 5.74) is 1.60. The van der Waals surface area contributed by atoms with Crippen LogP contribution in [0.3, 0.4) is 0 Å². The number of aromatic nitrogens is 1. The molecule has 1 aromatic heterocycles. The summed E-state index contributed by atoms with van der Waals surface area (Å²) < 4.78 is 10.8. The monoisotopic (exact) mass is 758 g/mol. The van der Waals surface area contributed by atoms with Crippen molar-refractivity contribution in [1.82, 2.24) is 20.9 Å². The number of aliphatic hydroxyl groups is 1. The molecule has 0 unspecified atom stereocenters. The van der Waals surface area contributed by atoms with Crippen molar-refractivity contribution >= 4 is 58.2 Å². The largest absolute Gasteiger partial charge is 0.495 e. The Morgan fingerprint density at radius 3 is 2.38 bits per heavy atom. The van der Waals surface area contributed by atoms with Gasteiger partial charge < -0.3 is 30.5 Å². The van der Waals surface area contributed by atoms with Crippen molar-refractivity contribution in [3.8, 4) is 5.75 Å². The molecule has 0 aliphatic rings. The minimum atomic E-state index is -1.05. The first-order chi connectivity index (χ1) is 24.7. The van der Waals surface area contributed by atoms with Gasteiger partial charge >= 0.3 is 5.97 Å². The molecule has 0 bridgehead atoms. The van der Waals surface area contributed by atoms with Crippen LogP contribution in [-0.4, -0.2) is 83.1 Å². The number of nitrogens with zero attached hydrogens (tertiary/aromatic N) is 1. The quantitative estimate of drug-likeness (QED) is 0.0805. The molecule has 12 nitrogen and oxygen atoms in total. The van der Waals surface area contributed by atoms with Gasteiger partial charge in [0.15, 0.2) is 6.10 Å². The maximum atomic E-state index is 13.5. The number of nitrogens with one attached hydrogen (secondary N) is 3. The number of halogens is 1. The SMILES string of the molecule is COc1ccc(C[C@@H](NC(=O)/C=C/C[C@H](O)[C@H](C)/C=C/c2ccncc2)C(=O)NC[C@@H](C)C(=O)O[C@@H](CC(C)C)C(=O)SCCNC(C)=O)cc1Cl. The van der Waals surface area contributed by atoms with Gasteiger partial charge in [-0.15, -0.1) is 0 Å². The third-order valence-corrected chi connectivity index (χ3v) is 9.00. The molecule has 0 aliphatic heterocycles. The number of rotatable bonds is 21. The van der Waals surface area contributed by atoms with Crippen molar-refractivity contribution in [2.45, 2.75) is 72.1 Å². The molecule has 3 amide bonds.